The van der Waals surface area contributed by atoms with E-state index in [0.29, 0.717) is 0 Å². The second-order valence-corrected chi connectivity index (χ2v) is 3.64. The summed E-state index contributed by atoms with van der Waals surface area (Å²) in [6.45, 7) is 2.10. The van der Waals surface area contributed by atoms with E-state index in [9.17, 15) is 0 Å². The molecule has 0 N–H and O–H groups in total. The van der Waals surface area contributed by atoms with Crippen LogP contribution in [0.1, 0.15) is 19.8 Å². The summed E-state index contributed by atoms with van der Waals surface area (Å²) in [5.74, 6) is 0. The summed E-state index contributed by atoms with van der Waals surface area (Å²) < 4.78 is 0. The molecule has 0 amide bonds. The van der Waals surface area contributed by atoms with Crippen molar-refractivity contribution in [1.29, 1.82) is 0 Å². The highest BCUT2D eigenvalue weighted by atomic mass is 35.5. The molecule has 0 fully saturated rings. The van der Waals surface area contributed by atoms with Gasteiger partial charge in [0.2, 0.25) is 0 Å². The lowest BCUT2D eigenvalue weighted by Gasteiger charge is -2.19. The molecule has 0 bridgehead atoms. The van der Waals surface area contributed by atoms with Gasteiger partial charge in [-0.05, 0) is 19.8 Å². The molecule has 0 aromatic carbocycles. The Morgan fingerprint density at radius 2 is 2.11 bits per heavy atom. The molecule has 52 valence electrons. The number of halogens is 2. The Morgan fingerprint density at radius 3 is 2.56 bits per heavy atom. The molecular formula is C7H10Cl2. The third-order valence-electron chi connectivity index (χ3n) is 1.60. The number of rotatable bonds is 0. The van der Waals surface area contributed by atoms with Crippen LogP contribution in [0.4, 0.5) is 0 Å². The Morgan fingerprint density at radius 1 is 1.44 bits per heavy atom. The van der Waals surface area contributed by atoms with E-state index < -0.39 is 0 Å². The summed E-state index contributed by atoms with van der Waals surface area (Å²) in [5.41, 5.74) is 1.37. The molecule has 0 aromatic heterocycles. The second kappa shape index (κ2) is 2.94. The fourth-order valence-corrected chi connectivity index (χ4v) is 1.50. The molecule has 0 heterocycles. The number of hydrogen-bond donors (Lipinski definition) is 0. The molecule has 9 heavy (non-hydrogen) atoms. The van der Waals surface area contributed by atoms with Crippen molar-refractivity contribution in [2.24, 2.45) is 0 Å². The van der Waals surface area contributed by atoms with Crippen LogP contribution in [0.2, 0.25) is 0 Å². The zero-order valence-corrected chi connectivity index (χ0v) is 6.91. The lowest BCUT2D eigenvalue weighted by atomic mass is 10.0. The van der Waals surface area contributed by atoms with Gasteiger partial charge in [0.1, 0.15) is 0 Å². The predicted octanol–water partition coefficient (Wildman–Crippen LogP) is 2.94. The normalized spacial score (nSPS) is 36.1. The van der Waals surface area contributed by atoms with E-state index in [0.717, 1.165) is 12.8 Å². The van der Waals surface area contributed by atoms with Crippen LogP contribution in [0.3, 0.4) is 0 Å². The third kappa shape index (κ3) is 1.87. The molecule has 1 aliphatic rings. The molecule has 0 radical (unpaired) electrons. The molecule has 0 aliphatic heterocycles. The lowest BCUT2D eigenvalue weighted by molar-refractivity contribution is 0.719. The van der Waals surface area contributed by atoms with E-state index in [4.69, 9.17) is 23.2 Å². The van der Waals surface area contributed by atoms with Gasteiger partial charge in [-0.3, -0.25) is 0 Å². The van der Waals surface area contributed by atoms with Gasteiger partial charge in [-0.25, -0.2) is 0 Å². The predicted molar refractivity (Wildman–Crippen MR) is 42.3 cm³/mol. The van der Waals surface area contributed by atoms with E-state index in [1.807, 2.05) is 0 Å². The van der Waals surface area contributed by atoms with Gasteiger partial charge in [-0.1, -0.05) is 11.6 Å². The SMILES string of the molecule is CC1=CC[C@H](Cl)[C@H](Cl)C1. The molecule has 2 heteroatoms. The van der Waals surface area contributed by atoms with Crippen LogP contribution in [-0.2, 0) is 0 Å². The van der Waals surface area contributed by atoms with Crippen LogP contribution in [0, 0.1) is 0 Å². The highest BCUT2D eigenvalue weighted by Gasteiger charge is 2.19. The average molecular weight is 165 g/mol. The van der Waals surface area contributed by atoms with Gasteiger partial charge in [-0.15, -0.1) is 23.2 Å². The van der Waals surface area contributed by atoms with E-state index in [1.165, 1.54) is 5.57 Å². The molecule has 2 atom stereocenters. The van der Waals surface area contributed by atoms with Crippen LogP contribution in [0.5, 0.6) is 0 Å². The van der Waals surface area contributed by atoms with Crippen LogP contribution >= 0.6 is 23.2 Å². The van der Waals surface area contributed by atoms with Gasteiger partial charge >= 0.3 is 0 Å². The maximum atomic E-state index is 5.89. The topological polar surface area (TPSA) is 0 Å². The first-order valence-corrected chi connectivity index (χ1v) is 4.01. The summed E-state index contributed by atoms with van der Waals surface area (Å²) in [4.78, 5) is 0. The Hall–Kier alpha value is 0.320. The number of alkyl halides is 2. The van der Waals surface area contributed by atoms with Crippen molar-refractivity contribution in [3.05, 3.63) is 11.6 Å². The van der Waals surface area contributed by atoms with Gasteiger partial charge < -0.3 is 0 Å². The minimum Gasteiger partial charge on any atom is -0.121 e. The molecular weight excluding hydrogens is 155 g/mol. The first kappa shape index (κ1) is 7.43. The van der Waals surface area contributed by atoms with Gasteiger partial charge in [0, 0.05) is 0 Å². The average Bonchev–Trinajstić information content (AvgIpc) is 1.80. The quantitative estimate of drug-likeness (QED) is 0.382. The smallest absolute Gasteiger partial charge is 0.0539 e. The minimum atomic E-state index is 0.148. The largest absolute Gasteiger partial charge is 0.121 e. The summed E-state index contributed by atoms with van der Waals surface area (Å²) in [7, 11) is 0. The maximum Gasteiger partial charge on any atom is 0.0539 e. The lowest BCUT2D eigenvalue weighted by Crippen LogP contribution is -2.18. The van der Waals surface area contributed by atoms with Crippen molar-refractivity contribution in [2.45, 2.75) is 30.5 Å². The standard InChI is InChI=1S/C7H10Cl2/c1-5-2-3-6(8)7(9)4-5/h2,6-7H,3-4H2,1H3/t6-,7+/m0/s1. The van der Waals surface area contributed by atoms with Crippen molar-refractivity contribution in [3.8, 4) is 0 Å². The highest BCUT2D eigenvalue weighted by molar-refractivity contribution is 6.30. The van der Waals surface area contributed by atoms with E-state index in [-0.39, 0.29) is 10.8 Å². The molecule has 0 nitrogen and oxygen atoms in total. The molecule has 0 saturated carbocycles. The van der Waals surface area contributed by atoms with E-state index in [1.54, 1.807) is 0 Å². The van der Waals surface area contributed by atoms with Crippen molar-refractivity contribution in [2.75, 3.05) is 0 Å². The van der Waals surface area contributed by atoms with Crippen molar-refractivity contribution in [3.63, 3.8) is 0 Å². The monoisotopic (exact) mass is 164 g/mol. The fraction of sp³-hybridized carbons (Fsp3) is 0.714. The molecule has 0 aromatic rings. The van der Waals surface area contributed by atoms with Crippen LogP contribution in [-0.4, -0.2) is 10.8 Å². The van der Waals surface area contributed by atoms with Crippen LogP contribution in [0.25, 0.3) is 0 Å². The molecule has 0 spiro atoms. The van der Waals surface area contributed by atoms with Gasteiger partial charge in [-0.2, -0.15) is 0 Å². The van der Waals surface area contributed by atoms with Crippen LogP contribution in [0.15, 0.2) is 11.6 Å². The number of hydrogen-bond acceptors (Lipinski definition) is 0. The Bertz CT molecular complexity index is 129. The van der Waals surface area contributed by atoms with Crippen LogP contribution < -0.4 is 0 Å². The van der Waals surface area contributed by atoms with Gasteiger partial charge in [0.25, 0.3) is 0 Å². The zero-order chi connectivity index (χ0) is 6.85. The van der Waals surface area contributed by atoms with Crippen molar-refractivity contribution in [1.82, 2.24) is 0 Å². The summed E-state index contributed by atoms with van der Waals surface area (Å²) in [6, 6.07) is 0. The molecule has 1 aliphatic carbocycles. The Kier molecular flexibility index (Phi) is 2.42. The number of allylic oxidation sites excluding steroid dienone is 2. The van der Waals surface area contributed by atoms with Gasteiger partial charge in [0.15, 0.2) is 0 Å². The Balaban J connectivity index is 2.54. The Labute approximate surface area is 65.8 Å². The third-order valence-corrected chi connectivity index (χ3v) is 2.67. The highest BCUT2D eigenvalue weighted by Crippen LogP contribution is 2.26. The summed E-state index contributed by atoms with van der Waals surface area (Å²) in [5, 5.41) is 0.298. The van der Waals surface area contributed by atoms with E-state index >= 15 is 0 Å². The summed E-state index contributed by atoms with van der Waals surface area (Å²) >= 11 is 11.7. The van der Waals surface area contributed by atoms with E-state index in [2.05, 4.69) is 13.0 Å². The fourth-order valence-electron chi connectivity index (χ4n) is 0.980. The van der Waals surface area contributed by atoms with Crippen molar-refractivity contribution >= 4 is 23.2 Å². The maximum absolute atomic E-state index is 5.89. The first-order chi connectivity index (χ1) is 4.20. The zero-order valence-electron chi connectivity index (χ0n) is 5.40. The minimum absolute atomic E-state index is 0.148. The second-order valence-electron chi connectivity index (χ2n) is 2.52. The molecule has 0 unspecified atom stereocenters. The van der Waals surface area contributed by atoms with Gasteiger partial charge in [0.05, 0.1) is 10.8 Å². The first-order valence-electron chi connectivity index (χ1n) is 3.14. The van der Waals surface area contributed by atoms with Crippen molar-refractivity contribution < 1.29 is 0 Å². The summed E-state index contributed by atoms with van der Waals surface area (Å²) in [6.07, 6.45) is 4.05. The molecule has 1 rings (SSSR count). The molecule has 0 saturated heterocycles.